The first-order valence-corrected chi connectivity index (χ1v) is 13.7. The molecule has 0 N–H and O–H groups in total. The molecule has 3 fully saturated rings. The van der Waals surface area contributed by atoms with Crippen molar-refractivity contribution in [3.63, 3.8) is 0 Å². The van der Waals surface area contributed by atoms with Crippen molar-refractivity contribution in [3.05, 3.63) is 101 Å². The molecule has 2 saturated heterocycles. The number of rotatable bonds is 6. The SMILES string of the molecule is C=C/C=C1\C(=C/C)C2c3ccccc3C1C1C(=O)N(CCCN3CCN(c4ccc(F)cc4)CC3)C(=O)C21. The number of imide groups is 1. The number of carbonyl (C=O) groups is 2. The third kappa shape index (κ3) is 3.93. The molecule has 5 aliphatic rings. The molecule has 38 heavy (non-hydrogen) atoms. The van der Waals surface area contributed by atoms with Crippen LogP contribution in [0.4, 0.5) is 10.1 Å². The Morgan fingerprint density at radius 2 is 1.47 bits per heavy atom. The van der Waals surface area contributed by atoms with Gasteiger partial charge in [0, 0.05) is 50.2 Å². The zero-order valence-electron chi connectivity index (χ0n) is 21.9. The molecule has 1 saturated carbocycles. The first-order chi connectivity index (χ1) is 18.5. The zero-order chi connectivity index (χ0) is 26.4. The number of fused-ring (bicyclic) bond motifs is 1. The van der Waals surface area contributed by atoms with Gasteiger partial charge in [0.2, 0.25) is 11.8 Å². The highest BCUT2D eigenvalue weighted by atomic mass is 19.1. The fraction of sp³-hybridized carbons (Fsp3) is 0.375. The van der Waals surface area contributed by atoms with Gasteiger partial charge in [-0.05, 0) is 66.4 Å². The summed E-state index contributed by atoms with van der Waals surface area (Å²) < 4.78 is 13.3. The van der Waals surface area contributed by atoms with Crippen LogP contribution in [-0.4, -0.2) is 60.9 Å². The van der Waals surface area contributed by atoms with Gasteiger partial charge in [0.05, 0.1) is 11.8 Å². The summed E-state index contributed by atoms with van der Waals surface area (Å²) in [5.74, 6) is -1.10. The van der Waals surface area contributed by atoms with Gasteiger partial charge in [0.15, 0.2) is 0 Å². The van der Waals surface area contributed by atoms with Crippen LogP contribution < -0.4 is 4.90 Å². The summed E-state index contributed by atoms with van der Waals surface area (Å²) in [7, 11) is 0. The highest BCUT2D eigenvalue weighted by Crippen LogP contribution is 2.63. The maximum absolute atomic E-state index is 13.8. The normalized spacial score (nSPS) is 28.8. The van der Waals surface area contributed by atoms with Crippen molar-refractivity contribution in [2.45, 2.75) is 25.2 Å². The Hall–Kier alpha value is -3.51. The Labute approximate surface area is 223 Å². The first kappa shape index (κ1) is 24.8. The predicted octanol–water partition coefficient (Wildman–Crippen LogP) is 4.89. The van der Waals surface area contributed by atoms with E-state index in [4.69, 9.17) is 0 Å². The number of nitrogens with zero attached hydrogens (tertiary/aromatic N) is 3. The Morgan fingerprint density at radius 3 is 2.05 bits per heavy atom. The molecule has 0 aromatic heterocycles. The van der Waals surface area contributed by atoms with Crippen molar-refractivity contribution >= 4 is 17.5 Å². The van der Waals surface area contributed by atoms with E-state index >= 15 is 0 Å². The van der Waals surface area contributed by atoms with Gasteiger partial charge in [-0.15, -0.1) is 0 Å². The molecule has 2 aromatic carbocycles. The van der Waals surface area contributed by atoms with Crippen LogP contribution in [0, 0.1) is 17.7 Å². The molecule has 2 heterocycles. The number of likely N-dealkylation sites (tertiary alicyclic amines) is 1. The topological polar surface area (TPSA) is 43.9 Å². The number of allylic oxidation sites excluding steroid dienone is 5. The molecule has 0 radical (unpaired) electrons. The van der Waals surface area contributed by atoms with Crippen LogP contribution in [0.1, 0.15) is 36.3 Å². The van der Waals surface area contributed by atoms with Gasteiger partial charge in [0.1, 0.15) is 5.82 Å². The van der Waals surface area contributed by atoms with E-state index in [1.54, 1.807) is 11.0 Å². The van der Waals surface area contributed by atoms with Crippen LogP contribution in [-0.2, 0) is 9.59 Å². The third-order valence-corrected chi connectivity index (χ3v) is 8.91. The van der Waals surface area contributed by atoms with Gasteiger partial charge >= 0.3 is 0 Å². The van der Waals surface area contributed by atoms with Gasteiger partial charge in [-0.1, -0.05) is 49.1 Å². The molecule has 2 amide bonds. The minimum atomic E-state index is -0.337. The van der Waals surface area contributed by atoms with E-state index < -0.39 is 0 Å². The number of anilines is 1. The van der Waals surface area contributed by atoms with E-state index in [0.717, 1.165) is 56.0 Å². The number of halogens is 1. The van der Waals surface area contributed by atoms with Crippen LogP contribution >= 0.6 is 0 Å². The average molecular weight is 512 g/mol. The smallest absolute Gasteiger partial charge is 0.234 e. The van der Waals surface area contributed by atoms with Crippen molar-refractivity contribution in [1.82, 2.24) is 9.80 Å². The minimum Gasteiger partial charge on any atom is -0.369 e. The summed E-state index contributed by atoms with van der Waals surface area (Å²) in [5.41, 5.74) is 5.71. The molecule has 196 valence electrons. The molecule has 2 aliphatic heterocycles. The predicted molar refractivity (Wildman–Crippen MR) is 147 cm³/mol. The van der Waals surface area contributed by atoms with Gasteiger partial charge in [-0.3, -0.25) is 19.4 Å². The number of hydrogen-bond donors (Lipinski definition) is 0. The number of hydrogen-bond acceptors (Lipinski definition) is 4. The lowest BCUT2D eigenvalue weighted by atomic mass is 9.53. The molecule has 2 aromatic rings. The second-order valence-electron chi connectivity index (χ2n) is 10.7. The lowest BCUT2D eigenvalue weighted by Gasteiger charge is -2.48. The van der Waals surface area contributed by atoms with Crippen LogP contribution in [0.25, 0.3) is 0 Å². The summed E-state index contributed by atoms with van der Waals surface area (Å²) >= 11 is 0. The number of benzene rings is 2. The first-order valence-electron chi connectivity index (χ1n) is 13.7. The Morgan fingerprint density at radius 1 is 0.868 bits per heavy atom. The molecule has 7 rings (SSSR count). The van der Waals surface area contributed by atoms with Gasteiger partial charge in [-0.25, -0.2) is 4.39 Å². The maximum Gasteiger partial charge on any atom is 0.234 e. The molecule has 0 spiro atoms. The van der Waals surface area contributed by atoms with E-state index in [1.165, 1.54) is 23.3 Å². The Balaban J connectivity index is 1.14. The van der Waals surface area contributed by atoms with E-state index in [0.29, 0.717) is 6.54 Å². The largest absolute Gasteiger partial charge is 0.369 e. The molecule has 6 heteroatoms. The average Bonchev–Trinajstić information content (AvgIpc) is 3.20. The second kappa shape index (κ2) is 9.99. The van der Waals surface area contributed by atoms with Crippen molar-refractivity contribution in [1.29, 1.82) is 0 Å². The van der Waals surface area contributed by atoms with Crippen LogP contribution in [0.5, 0.6) is 0 Å². The zero-order valence-corrected chi connectivity index (χ0v) is 21.9. The van der Waals surface area contributed by atoms with Gasteiger partial charge < -0.3 is 4.90 Å². The molecule has 4 atom stereocenters. The molecular weight excluding hydrogens is 477 g/mol. The van der Waals surface area contributed by atoms with Crippen molar-refractivity contribution in [2.24, 2.45) is 11.8 Å². The molecule has 3 aliphatic carbocycles. The quantitative estimate of drug-likeness (QED) is 0.518. The summed E-state index contributed by atoms with van der Waals surface area (Å²) in [6, 6.07) is 15.0. The van der Waals surface area contributed by atoms with E-state index in [1.807, 2.05) is 37.3 Å². The molecule has 5 nitrogen and oxygen atoms in total. The number of piperazine rings is 1. The number of amides is 2. The third-order valence-electron chi connectivity index (χ3n) is 8.91. The summed E-state index contributed by atoms with van der Waals surface area (Å²) in [6.07, 6.45) is 6.71. The Bertz CT molecular complexity index is 1320. The van der Waals surface area contributed by atoms with Crippen LogP contribution in [0.2, 0.25) is 0 Å². The lowest BCUT2D eigenvalue weighted by molar-refractivity contribution is -0.140. The van der Waals surface area contributed by atoms with Crippen molar-refractivity contribution in [3.8, 4) is 0 Å². The standard InChI is InChI=1S/C32H34FN3O2/c1-3-8-24-23(4-2)27-25-9-5-6-10-26(25)28(24)30-29(27)31(37)36(32(30)38)16-7-15-34-17-19-35(20-18-34)22-13-11-21(33)12-14-22/h3-6,8-14,27-30H,1,7,15-20H2,2H3/b23-4+,24-8+. The monoisotopic (exact) mass is 511 g/mol. The molecule has 2 bridgehead atoms. The molecule has 4 unspecified atom stereocenters. The number of carbonyl (C=O) groups excluding carboxylic acids is 2. The van der Waals surface area contributed by atoms with E-state index in [-0.39, 0.29) is 41.3 Å². The van der Waals surface area contributed by atoms with E-state index in [2.05, 4.69) is 34.6 Å². The summed E-state index contributed by atoms with van der Waals surface area (Å²) in [5, 5.41) is 0. The fourth-order valence-corrected chi connectivity index (χ4v) is 7.25. The highest BCUT2D eigenvalue weighted by molar-refractivity contribution is 6.08. The summed E-state index contributed by atoms with van der Waals surface area (Å²) in [4.78, 5) is 33.8. The highest BCUT2D eigenvalue weighted by Gasteiger charge is 2.62. The Kier molecular flexibility index (Phi) is 6.52. The van der Waals surface area contributed by atoms with Crippen molar-refractivity contribution in [2.75, 3.05) is 44.2 Å². The molecular formula is C32H34FN3O2. The lowest BCUT2D eigenvalue weighted by Crippen LogP contribution is -2.47. The fourth-order valence-electron chi connectivity index (χ4n) is 7.25. The van der Waals surface area contributed by atoms with Gasteiger partial charge in [0.25, 0.3) is 0 Å². The van der Waals surface area contributed by atoms with E-state index in [9.17, 15) is 14.0 Å². The maximum atomic E-state index is 13.8. The van der Waals surface area contributed by atoms with Crippen LogP contribution in [0.3, 0.4) is 0 Å². The summed E-state index contributed by atoms with van der Waals surface area (Å²) in [6.45, 7) is 10.8. The minimum absolute atomic E-state index is 0.0114. The second-order valence-corrected chi connectivity index (χ2v) is 10.7. The van der Waals surface area contributed by atoms with Gasteiger partial charge in [-0.2, -0.15) is 0 Å². The van der Waals surface area contributed by atoms with Crippen molar-refractivity contribution < 1.29 is 14.0 Å². The van der Waals surface area contributed by atoms with Crippen LogP contribution in [0.15, 0.2) is 84.5 Å².